The number of aromatic nitrogens is 4. The standard InChI is InChI=1S/C28H26NOSi.C15H18N3.Ir/c1-18-15-20(31(3,4)5)13-14-21(18)25-16-26(29-17-19(25)2)24-11-8-10-23-22-9-6-7-12-27(22)30-28(23)24;1-11-5-6-12(8-16-11)14-10-17-13(9-18-14)7-15(2,3)4;/h6-10,12-17H,1-5H3;5-6,9-10H,7H2,1-4H3;/q2*-1;/i1D3,2D3;1D3,7D2;. The van der Waals surface area contributed by atoms with Crippen LogP contribution >= 0.6 is 0 Å². The number of hydrogen-bond donors (Lipinski definition) is 0. The average Bonchev–Trinajstić information content (AvgIpc) is 3.55. The van der Waals surface area contributed by atoms with Crippen molar-refractivity contribution in [1.29, 1.82) is 0 Å². The molecule has 0 aliphatic carbocycles. The van der Waals surface area contributed by atoms with Gasteiger partial charge in [0, 0.05) is 64.9 Å². The first-order valence-electron chi connectivity index (χ1n) is 21.4. The molecule has 7 rings (SSSR count). The summed E-state index contributed by atoms with van der Waals surface area (Å²) in [5.41, 5.74) is 3.76. The van der Waals surface area contributed by atoms with Gasteiger partial charge in [0.05, 0.1) is 19.4 Å². The van der Waals surface area contributed by atoms with E-state index < -0.39 is 40.4 Å². The largest absolute Gasteiger partial charge is 0.501 e. The zero-order chi connectivity index (χ0) is 44.2. The minimum Gasteiger partial charge on any atom is -0.501 e. The van der Waals surface area contributed by atoms with E-state index in [1.807, 2.05) is 36.4 Å². The molecule has 0 atom stereocenters. The van der Waals surface area contributed by atoms with Crippen LogP contribution in [0.4, 0.5) is 0 Å². The summed E-state index contributed by atoms with van der Waals surface area (Å²) in [6, 6.07) is 24.6. The van der Waals surface area contributed by atoms with Gasteiger partial charge in [0.2, 0.25) is 0 Å². The predicted octanol–water partition coefficient (Wildman–Crippen LogP) is 10.5. The molecule has 0 saturated heterocycles. The quantitative estimate of drug-likeness (QED) is 0.127. The number of benzene rings is 3. The molecule has 4 aromatic heterocycles. The SMILES string of the molecule is [2H]C([2H])([2H])c1ccc(-c2cnc(C([2H])([2H])C(C)(C)C)cn2)[c-]n1.[2H]C([2H])([2H])c1cnc(-c2[c-]ccc3c2oc2ccccc23)cc1-c1ccc([Si](C)(C)C)cc1C([2H])([2H])[2H].[Ir]. The Bertz CT molecular complexity index is 2660. The van der Waals surface area contributed by atoms with E-state index in [0.29, 0.717) is 39.2 Å². The predicted molar refractivity (Wildman–Crippen MR) is 206 cm³/mol. The Hall–Kier alpha value is -4.29. The van der Waals surface area contributed by atoms with Crippen LogP contribution in [0.2, 0.25) is 19.6 Å². The van der Waals surface area contributed by atoms with Crippen molar-refractivity contribution in [2.45, 2.75) is 67.3 Å². The van der Waals surface area contributed by atoms with Gasteiger partial charge in [-0.15, -0.1) is 35.9 Å². The van der Waals surface area contributed by atoms with Crippen molar-refractivity contribution in [3.8, 4) is 33.6 Å². The Balaban J connectivity index is 0.000000253. The van der Waals surface area contributed by atoms with Crippen LogP contribution in [0.15, 0.2) is 95.8 Å². The van der Waals surface area contributed by atoms with Crippen molar-refractivity contribution < 1.29 is 39.6 Å². The molecule has 0 N–H and O–H groups in total. The van der Waals surface area contributed by atoms with E-state index >= 15 is 0 Å². The molecule has 0 saturated carbocycles. The maximum Gasteiger partial charge on any atom is 0.120 e. The summed E-state index contributed by atoms with van der Waals surface area (Å²) < 4.78 is 93.5. The van der Waals surface area contributed by atoms with Crippen molar-refractivity contribution in [1.82, 2.24) is 19.9 Å². The first-order valence-corrected chi connectivity index (χ1v) is 19.4. The summed E-state index contributed by atoms with van der Waals surface area (Å²) in [5, 5.41) is 2.85. The summed E-state index contributed by atoms with van der Waals surface area (Å²) in [6.45, 7) is 4.65. The molecule has 0 aliphatic rings. The van der Waals surface area contributed by atoms with E-state index in [1.165, 1.54) is 24.7 Å². The van der Waals surface area contributed by atoms with Crippen LogP contribution in [-0.2, 0) is 26.5 Å². The summed E-state index contributed by atoms with van der Waals surface area (Å²) in [4.78, 5) is 16.7. The monoisotopic (exact) mass is 864 g/mol. The van der Waals surface area contributed by atoms with Gasteiger partial charge in [-0.2, -0.15) is 0 Å². The van der Waals surface area contributed by atoms with Crippen LogP contribution in [0, 0.1) is 38.2 Å². The first kappa shape index (κ1) is 24.8. The first-order chi connectivity index (χ1) is 27.7. The zero-order valence-electron chi connectivity index (χ0n) is 39.7. The Labute approximate surface area is 326 Å². The van der Waals surface area contributed by atoms with Crippen molar-refractivity contribution in [2.24, 2.45) is 5.41 Å². The number of pyridine rings is 2. The molecule has 1 radical (unpaired) electrons. The van der Waals surface area contributed by atoms with E-state index in [0.717, 1.165) is 21.5 Å². The number of rotatable bonds is 5. The van der Waals surface area contributed by atoms with E-state index in [1.54, 1.807) is 51.1 Å². The van der Waals surface area contributed by atoms with Crippen molar-refractivity contribution in [3.05, 3.63) is 126 Å². The van der Waals surface area contributed by atoms with Gasteiger partial charge in [-0.1, -0.05) is 106 Å². The van der Waals surface area contributed by atoms with Gasteiger partial charge < -0.3 is 19.4 Å². The third kappa shape index (κ3) is 8.35. The fourth-order valence-corrected chi connectivity index (χ4v) is 6.52. The number of aryl methyl sites for hydroxylation is 3. The Morgan fingerprint density at radius 3 is 2.28 bits per heavy atom. The smallest absolute Gasteiger partial charge is 0.120 e. The molecule has 50 heavy (non-hydrogen) atoms. The Morgan fingerprint density at radius 2 is 1.60 bits per heavy atom. The minimum absolute atomic E-state index is 0. The Morgan fingerprint density at radius 1 is 0.800 bits per heavy atom. The molecule has 0 spiro atoms. The summed E-state index contributed by atoms with van der Waals surface area (Å²) in [7, 11) is -1.82. The van der Waals surface area contributed by atoms with Gasteiger partial charge in [-0.3, -0.25) is 4.98 Å². The summed E-state index contributed by atoms with van der Waals surface area (Å²) >= 11 is 0. The van der Waals surface area contributed by atoms with Crippen molar-refractivity contribution in [2.75, 3.05) is 0 Å². The van der Waals surface area contributed by atoms with Crippen LogP contribution in [0.25, 0.3) is 55.6 Å². The maximum atomic E-state index is 8.25. The average molecular weight is 864 g/mol. The van der Waals surface area contributed by atoms with E-state index in [9.17, 15) is 0 Å². The molecule has 3 aromatic carbocycles. The normalized spacial score (nSPS) is 15.9. The molecule has 0 unspecified atom stereocenters. The van der Waals surface area contributed by atoms with Crippen LogP contribution in [0.5, 0.6) is 0 Å². The molecular weight excluding hydrogens is 809 g/mol. The molecule has 5 nitrogen and oxygen atoms in total. The molecule has 0 amide bonds. The second kappa shape index (κ2) is 14.9. The van der Waals surface area contributed by atoms with Crippen LogP contribution < -0.4 is 5.19 Å². The second-order valence-electron chi connectivity index (χ2n) is 13.8. The molecule has 7 aromatic rings. The molecule has 7 heteroatoms. The molecular formula is C43H44IrN4OSi-2. The van der Waals surface area contributed by atoms with Gasteiger partial charge in [0.25, 0.3) is 0 Å². The van der Waals surface area contributed by atoms with Crippen LogP contribution in [0.1, 0.15) is 58.4 Å². The third-order valence-electron chi connectivity index (χ3n) is 7.81. The van der Waals surface area contributed by atoms with Gasteiger partial charge in [-0.05, 0) is 71.4 Å². The third-order valence-corrected chi connectivity index (χ3v) is 9.85. The molecule has 0 aliphatic heterocycles. The second-order valence-corrected chi connectivity index (χ2v) is 18.9. The van der Waals surface area contributed by atoms with Crippen LogP contribution in [0.3, 0.4) is 0 Å². The fourth-order valence-electron chi connectivity index (χ4n) is 5.36. The number of nitrogens with zero attached hydrogens (tertiary/aromatic N) is 4. The number of para-hydroxylation sites is 1. The molecule has 0 bridgehead atoms. The van der Waals surface area contributed by atoms with Gasteiger partial charge in [0.1, 0.15) is 5.58 Å². The Kier molecular flexibility index (Phi) is 7.39. The summed E-state index contributed by atoms with van der Waals surface area (Å²) in [6.07, 6.45) is 5.19. The van der Waals surface area contributed by atoms with Gasteiger partial charge in [0.15, 0.2) is 0 Å². The van der Waals surface area contributed by atoms with E-state index in [-0.39, 0.29) is 42.6 Å². The van der Waals surface area contributed by atoms with Gasteiger partial charge in [-0.25, -0.2) is 0 Å². The minimum atomic E-state index is -2.49. The van der Waals surface area contributed by atoms with E-state index in [2.05, 4.69) is 51.8 Å². The number of furan rings is 1. The number of fused-ring (bicyclic) bond motifs is 3. The van der Waals surface area contributed by atoms with Crippen molar-refractivity contribution >= 4 is 35.2 Å². The number of hydrogen-bond acceptors (Lipinski definition) is 5. The summed E-state index contributed by atoms with van der Waals surface area (Å²) in [5.74, 6) is 0. The van der Waals surface area contributed by atoms with E-state index in [4.69, 9.17) is 19.5 Å². The molecule has 4 heterocycles. The van der Waals surface area contributed by atoms with Crippen molar-refractivity contribution in [3.63, 3.8) is 0 Å². The maximum absolute atomic E-state index is 8.25. The van der Waals surface area contributed by atoms with Gasteiger partial charge >= 0.3 is 0 Å². The zero-order valence-corrected chi connectivity index (χ0v) is 32.1. The fraction of sp³-hybridized carbons (Fsp3) is 0.256. The molecule has 257 valence electrons. The topological polar surface area (TPSA) is 64.7 Å². The molecule has 0 fully saturated rings. The van der Waals surface area contributed by atoms with Crippen LogP contribution in [-0.4, -0.2) is 28.0 Å².